The van der Waals surface area contributed by atoms with Gasteiger partial charge in [0.15, 0.2) is 9.90 Å². The molecule has 1 N–H and O–H groups in total. The van der Waals surface area contributed by atoms with E-state index in [0.717, 1.165) is 15.6 Å². The fourth-order valence-electron chi connectivity index (χ4n) is 0.982. The molecule has 1 aromatic rings. The molecule has 0 saturated heterocycles. The molecule has 1 aromatic heterocycles. The summed E-state index contributed by atoms with van der Waals surface area (Å²) in [4.78, 5) is 14.3. The third-order valence-electron chi connectivity index (χ3n) is 1.77. The van der Waals surface area contributed by atoms with Crippen LogP contribution in [0.1, 0.15) is 10.5 Å². The van der Waals surface area contributed by atoms with Gasteiger partial charge in [0.05, 0.1) is 5.51 Å². The molecule has 0 spiro atoms. The van der Waals surface area contributed by atoms with E-state index in [1.54, 1.807) is 0 Å². The molecule has 0 radical (unpaired) electrons. The molecule has 0 aliphatic carbocycles. The van der Waals surface area contributed by atoms with Gasteiger partial charge in [0.2, 0.25) is 0 Å². The molecule has 0 atom stereocenters. The summed E-state index contributed by atoms with van der Waals surface area (Å²) >= 11 is 0.783. The van der Waals surface area contributed by atoms with Crippen molar-refractivity contribution in [2.75, 3.05) is 13.6 Å². The lowest BCUT2D eigenvalue weighted by Gasteiger charge is -2.13. The number of carboxylic acids is 1. The molecule has 6 nitrogen and oxygen atoms in total. The van der Waals surface area contributed by atoms with E-state index in [1.165, 1.54) is 18.6 Å². The van der Waals surface area contributed by atoms with Crippen molar-refractivity contribution in [1.29, 1.82) is 0 Å². The highest BCUT2D eigenvalue weighted by Crippen LogP contribution is 2.23. The smallest absolute Gasteiger partial charge is 0.356 e. The van der Waals surface area contributed by atoms with E-state index in [0.29, 0.717) is 0 Å². The maximum atomic E-state index is 11.9. The number of sulfonamides is 1. The summed E-state index contributed by atoms with van der Waals surface area (Å²) in [6.07, 6.45) is 1.42. The Morgan fingerprint density at radius 1 is 1.75 bits per heavy atom. The molecule has 0 aromatic carbocycles. The number of hydrogen-bond donors (Lipinski definition) is 1. The zero-order chi connectivity index (χ0) is 12.3. The average molecular weight is 262 g/mol. The van der Waals surface area contributed by atoms with Crippen LogP contribution in [0.15, 0.2) is 22.4 Å². The molecular formula is C8H10N2O4S2. The molecule has 88 valence electrons. The molecular weight excluding hydrogens is 252 g/mol. The first-order valence-corrected chi connectivity index (χ1v) is 6.47. The number of aromatic nitrogens is 1. The molecule has 8 heteroatoms. The van der Waals surface area contributed by atoms with Crippen LogP contribution in [0.5, 0.6) is 0 Å². The number of thiazole rings is 1. The first-order valence-electron chi connectivity index (χ1n) is 4.15. The number of nitrogens with zero attached hydrogens (tertiary/aromatic N) is 2. The molecule has 0 unspecified atom stereocenters. The predicted octanol–water partition coefficient (Wildman–Crippen LogP) is 0.648. The van der Waals surface area contributed by atoms with Crippen molar-refractivity contribution in [3.63, 3.8) is 0 Å². The monoisotopic (exact) mass is 262 g/mol. The minimum Gasteiger partial charge on any atom is -0.476 e. The Kier molecular flexibility index (Phi) is 3.79. The van der Waals surface area contributed by atoms with Crippen LogP contribution in [0.3, 0.4) is 0 Å². The van der Waals surface area contributed by atoms with Crippen molar-refractivity contribution in [3.8, 4) is 0 Å². The predicted molar refractivity (Wildman–Crippen MR) is 59.1 cm³/mol. The van der Waals surface area contributed by atoms with Gasteiger partial charge in [-0.05, 0) is 0 Å². The highest BCUT2D eigenvalue weighted by atomic mass is 32.2. The number of carboxylic acid groups (broad SMARTS) is 1. The molecule has 0 amide bonds. The SMILES string of the molecule is C=CCN(C)S(=O)(=O)c1scnc1C(=O)O. The maximum absolute atomic E-state index is 11.9. The molecule has 0 aliphatic heterocycles. The zero-order valence-electron chi connectivity index (χ0n) is 8.45. The third-order valence-corrected chi connectivity index (χ3v) is 4.94. The summed E-state index contributed by atoms with van der Waals surface area (Å²) in [6, 6.07) is 0. The second-order valence-corrected chi connectivity index (χ2v) is 5.96. The quantitative estimate of drug-likeness (QED) is 0.787. The topological polar surface area (TPSA) is 87.6 Å². The Balaban J connectivity index is 3.22. The molecule has 16 heavy (non-hydrogen) atoms. The number of hydrogen-bond acceptors (Lipinski definition) is 5. The molecule has 0 saturated carbocycles. The summed E-state index contributed by atoms with van der Waals surface area (Å²) in [5.41, 5.74) is 0.749. The Hall–Kier alpha value is -1.25. The number of rotatable bonds is 5. The van der Waals surface area contributed by atoms with Gasteiger partial charge in [-0.25, -0.2) is 18.2 Å². The van der Waals surface area contributed by atoms with Gasteiger partial charge < -0.3 is 5.11 Å². The first kappa shape index (κ1) is 12.8. The van der Waals surface area contributed by atoms with Gasteiger partial charge in [0.1, 0.15) is 0 Å². The van der Waals surface area contributed by atoms with Crippen LogP contribution < -0.4 is 0 Å². The fraction of sp³-hybridized carbons (Fsp3) is 0.250. The zero-order valence-corrected chi connectivity index (χ0v) is 10.1. The van der Waals surface area contributed by atoms with Crippen LogP contribution in [0.25, 0.3) is 0 Å². The van der Waals surface area contributed by atoms with Crippen LogP contribution >= 0.6 is 11.3 Å². The third kappa shape index (κ3) is 2.29. The summed E-state index contributed by atoms with van der Waals surface area (Å²) in [5, 5.41) is 8.77. The van der Waals surface area contributed by atoms with Crippen molar-refractivity contribution in [3.05, 3.63) is 23.9 Å². The summed E-state index contributed by atoms with van der Waals surface area (Å²) in [7, 11) is -2.45. The van der Waals surface area contributed by atoms with Crippen molar-refractivity contribution < 1.29 is 18.3 Å². The summed E-state index contributed by atoms with van der Waals surface area (Å²) in [6.45, 7) is 3.53. The lowest BCUT2D eigenvalue weighted by atomic mass is 10.5. The van der Waals surface area contributed by atoms with Crippen LogP contribution in [0.2, 0.25) is 0 Å². The van der Waals surface area contributed by atoms with E-state index >= 15 is 0 Å². The molecule has 1 heterocycles. The van der Waals surface area contributed by atoms with Crippen molar-refractivity contribution in [2.24, 2.45) is 0 Å². The second-order valence-electron chi connectivity index (χ2n) is 2.87. The number of likely N-dealkylation sites (N-methyl/N-ethyl adjacent to an activating group) is 1. The van der Waals surface area contributed by atoms with Crippen LogP contribution in [-0.2, 0) is 10.0 Å². The Bertz CT molecular complexity index is 506. The lowest BCUT2D eigenvalue weighted by Crippen LogP contribution is -2.27. The highest BCUT2D eigenvalue weighted by molar-refractivity contribution is 7.91. The standard InChI is InChI=1S/C8H10N2O4S2/c1-3-4-10(2)16(13,14)8-6(7(11)12)9-5-15-8/h3,5H,1,4H2,2H3,(H,11,12). The average Bonchev–Trinajstić information content (AvgIpc) is 2.66. The molecule has 0 bridgehead atoms. The van der Waals surface area contributed by atoms with E-state index in [-0.39, 0.29) is 10.8 Å². The fourth-order valence-corrected chi connectivity index (χ4v) is 3.45. The lowest BCUT2D eigenvalue weighted by molar-refractivity contribution is 0.0687. The van der Waals surface area contributed by atoms with E-state index in [9.17, 15) is 13.2 Å². The van der Waals surface area contributed by atoms with Crippen LogP contribution in [0.4, 0.5) is 0 Å². The Labute approximate surface area is 96.9 Å². The normalized spacial score (nSPS) is 11.6. The summed E-state index contributed by atoms with van der Waals surface area (Å²) < 4.78 is 24.5. The highest BCUT2D eigenvalue weighted by Gasteiger charge is 2.28. The van der Waals surface area contributed by atoms with Crippen molar-refractivity contribution >= 4 is 27.3 Å². The van der Waals surface area contributed by atoms with E-state index in [4.69, 9.17) is 5.11 Å². The van der Waals surface area contributed by atoms with Gasteiger partial charge in [-0.2, -0.15) is 4.31 Å². The molecule has 0 fully saturated rings. The molecule has 0 aliphatic rings. The van der Waals surface area contributed by atoms with E-state index < -0.39 is 21.7 Å². The second kappa shape index (κ2) is 4.73. The van der Waals surface area contributed by atoms with Gasteiger partial charge in [-0.3, -0.25) is 0 Å². The van der Waals surface area contributed by atoms with Gasteiger partial charge >= 0.3 is 5.97 Å². The van der Waals surface area contributed by atoms with Crippen LogP contribution in [-0.4, -0.2) is 42.4 Å². The first-order chi connectivity index (χ1) is 7.41. The largest absolute Gasteiger partial charge is 0.476 e. The minimum absolute atomic E-state index is 0.110. The molecule has 1 rings (SSSR count). The van der Waals surface area contributed by atoms with Gasteiger partial charge in [-0.15, -0.1) is 17.9 Å². The maximum Gasteiger partial charge on any atom is 0.356 e. The summed E-state index contributed by atoms with van der Waals surface area (Å²) in [5.74, 6) is -1.35. The Morgan fingerprint density at radius 2 is 2.38 bits per heavy atom. The minimum atomic E-state index is -3.80. The van der Waals surface area contributed by atoms with Crippen LogP contribution in [0, 0.1) is 0 Å². The van der Waals surface area contributed by atoms with E-state index in [1.807, 2.05) is 0 Å². The van der Waals surface area contributed by atoms with E-state index in [2.05, 4.69) is 11.6 Å². The number of aromatic carboxylic acids is 1. The van der Waals surface area contributed by atoms with Gasteiger partial charge in [-0.1, -0.05) is 6.08 Å². The van der Waals surface area contributed by atoms with Gasteiger partial charge in [0.25, 0.3) is 10.0 Å². The van der Waals surface area contributed by atoms with Gasteiger partial charge in [0, 0.05) is 13.6 Å². The van der Waals surface area contributed by atoms with Crippen molar-refractivity contribution in [2.45, 2.75) is 4.21 Å². The number of carbonyl (C=O) groups is 1. The van der Waals surface area contributed by atoms with Crippen molar-refractivity contribution in [1.82, 2.24) is 9.29 Å². The Morgan fingerprint density at radius 3 is 2.88 bits per heavy atom.